The molecule has 2 heterocycles. The summed E-state index contributed by atoms with van der Waals surface area (Å²) in [6, 6.07) is -1.28. The molecule has 20 heavy (non-hydrogen) atoms. The molecule has 2 aliphatic heterocycles. The van der Waals surface area contributed by atoms with E-state index in [1.54, 1.807) is 0 Å². The quantitative estimate of drug-likeness (QED) is 0.831. The Morgan fingerprint density at radius 2 is 1.85 bits per heavy atom. The summed E-state index contributed by atoms with van der Waals surface area (Å²) in [7, 11) is 0. The first-order valence-electron chi connectivity index (χ1n) is 7.12. The van der Waals surface area contributed by atoms with Crippen LogP contribution >= 0.6 is 0 Å². The number of piperazine rings is 1. The number of hydrogen-bond acceptors (Lipinski definition) is 3. The van der Waals surface area contributed by atoms with Crippen LogP contribution in [0, 0.1) is 0 Å². The van der Waals surface area contributed by atoms with Gasteiger partial charge in [-0.3, -0.25) is 9.69 Å². The van der Waals surface area contributed by atoms with Gasteiger partial charge in [-0.05, 0) is 39.8 Å². The SMILES string of the molecule is CC(C)N1CCC(N2CC(=O)NCC2C(F)(F)F)CC1. The van der Waals surface area contributed by atoms with E-state index in [0.717, 1.165) is 13.1 Å². The number of rotatable bonds is 2. The number of piperidine rings is 1. The Morgan fingerprint density at radius 3 is 2.35 bits per heavy atom. The Labute approximate surface area is 117 Å². The van der Waals surface area contributed by atoms with Crippen molar-refractivity contribution in [1.29, 1.82) is 0 Å². The van der Waals surface area contributed by atoms with Crippen LogP contribution in [0.25, 0.3) is 0 Å². The molecule has 0 radical (unpaired) electrons. The molecular formula is C13H22F3N3O. The van der Waals surface area contributed by atoms with Crippen molar-refractivity contribution in [3.63, 3.8) is 0 Å². The van der Waals surface area contributed by atoms with Crippen LogP contribution in [0.2, 0.25) is 0 Å². The van der Waals surface area contributed by atoms with Crippen LogP contribution in [0.15, 0.2) is 0 Å². The van der Waals surface area contributed by atoms with Gasteiger partial charge in [-0.1, -0.05) is 0 Å². The molecule has 0 aromatic rings. The average molecular weight is 293 g/mol. The zero-order valence-corrected chi connectivity index (χ0v) is 11.9. The van der Waals surface area contributed by atoms with Crippen molar-refractivity contribution in [1.82, 2.24) is 15.1 Å². The van der Waals surface area contributed by atoms with E-state index in [2.05, 4.69) is 24.1 Å². The first kappa shape index (κ1) is 15.6. The van der Waals surface area contributed by atoms with E-state index in [0.29, 0.717) is 18.9 Å². The van der Waals surface area contributed by atoms with Gasteiger partial charge in [-0.15, -0.1) is 0 Å². The second-order valence-corrected chi connectivity index (χ2v) is 5.89. The number of halogens is 3. The Bertz CT molecular complexity index is 351. The van der Waals surface area contributed by atoms with Crippen molar-refractivity contribution in [2.45, 2.75) is 51.0 Å². The van der Waals surface area contributed by atoms with Crippen LogP contribution in [0.1, 0.15) is 26.7 Å². The lowest BCUT2D eigenvalue weighted by Gasteiger charge is -2.45. The third-order valence-corrected chi connectivity index (χ3v) is 4.30. The van der Waals surface area contributed by atoms with Crippen LogP contribution < -0.4 is 5.32 Å². The standard InChI is InChI=1S/C13H22F3N3O/c1-9(2)18-5-3-10(4-6-18)19-8-12(20)17-7-11(19)13(14,15)16/h9-11H,3-8H2,1-2H3,(H,17,20). The summed E-state index contributed by atoms with van der Waals surface area (Å²) in [5, 5.41) is 2.32. The molecule has 1 amide bonds. The molecule has 2 fully saturated rings. The molecule has 2 rings (SSSR count). The van der Waals surface area contributed by atoms with Crippen molar-refractivity contribution in [3.05, 3.63) is 0 Å². The summed E-state index contributed by atoms with van der Waals surface area (Å²) in [6.07, 6.45) is -2.90. The predicted octanol–water partition coefficient (Wildman–Crippen LogP) is 1.22. The Kier molecular flexibility index (Phi) is 4.59. The molecule has 4 nitrogen and oxygen atoms in total. The number of carbonyl (C=O) groups excluding carboxylic acids is 1. The highest BCUT2D eigenvalue weighted by atomic mass is 19.4. The molecule has 0 spiro atoms. The first-order chi connectivity index (χ1) is 9.29. The summed E-state index contributed by atoms with van der Waals surface area (Å²) < 4.78 is 39.2. The van der Waals surface area contributed by atoms with Crippen molar-refractivity contribution in [3.8, 4) is 0 Å². The summed E-state index contributed by atoms with van der Waals surface area (Å²) in [5.41, 5.74) is 0. The Morgan fingerprint density at radius 1 is 1.25 bits per heavy atom. The maximum Gasteiger partial charge on any atom is 0.405 e. The number of carbonyl (C=O) groups is 1. The average Bonchev–Trinajstić information content (AvgIpc) is 2.37. The Hall–Kier alpha value is -0.820. The van der Waals surface area contributed by atoms with Gasteiger partial charge in [-0.2, -0.15) is 13.2 Å². The van der Waals surface area contributed by atoms with Crippen LogP contribution in [0.3, 0.4) is 0 Å². The van der Waals surface area contributed by atoms with Gasteiger partial charge in [0.05, 0.1) is 6.54 Å². The van der Waals surface area contributed by atoms with E-state index in [1.165, 1.54) is 4.90 Å². The number of alkyl halides is 3. The number of likely N-dealkylation sites (tertiary alicyclic amines) is 1. The van der Waals surface area contributed by atoms with Gasteiger partial charge in [0.15, 0.2) is 0 Å². The van der Waals surface area contributed by atoms with Gasteiger partial charge in [0.25, 0.3) is 0 Å². The van der Waals surface area contributed by atoms with Crippen LogP contribution in [-0.2, 0) is 4.79 Å². The molecule has 116 valence electrons. The molecule has 1 N–H and O–H groups in total. The zero-order valence-electron chi connectivity index (χ0n) is 11.9. The summed E-state index contributed by atoms with van der Waals surface area (Å²) in [6.45, 7) is 5.31. The monoisotopic (exact) mass is 293 g/mol. The number of hydrogen-bond donors (Lipinski definition) is 1. The number of nitrogens with one attached hydrogen (secondary N) is 1. The maximum atomic E-state index is 13.1. The normalized spacial score (nSPS) is 27.9. The van der Waals surface area contributed by atoms with Gasteiger partial charge < -0.3 is 10.2 Å². The van der Waals surface area contributed by atoms with E-state index < -0.39 is 12.2 Å². The molecule has 1 unspecified atom stereocenters. The largest absolute Gasteiger partial charge is 0.405 e. The highest BCUT2D eigenvalue weighted by Gasteiger charge is 2.48. The first-order valence-corrected chi connectivity index (χ1v) is 7.12. The highest BCUT2D eigenvalue weighted by Crippen LogP contribution is 2.30. The zero-order chi connectivity index (χ0) is 14.9. The fourth-order valence-electron chi connectivity index (χ4n) is 3.08. The van der Waals surface area contributed by atoms with E-state index in [-0.39, 0.29) is 25.0 Å². The summed E-state index contributed by atoms with van der Waals surface area (Å²) in [5.74, 6) is -0.309. The van der Waals surface area contributed by atoms with E-state index >= 15 is 0 Å². The highest BCUT2D eigenvalue weighted by molar-refractivity contribution is 5.79. The van der Waals surface area contributed by atoms with Crippen molar-refractivity contribution in [2.24, 2.45) is 0 Å². The molecule has 0 saturated carbocycles. The summed E-state index contributed by atoms with van der Waals surface area (Å²) >= 11 is 0. The Balaban J connectivity index is 2.03. The van der Waals surface area contributed by atoms with Crippen LogP contribution in [0.4, 0.5) is 13.2 Å². The van der Waals surface area contributed by atoms with Crippen molar-refractivity contribution in [2.75, 3.05) is 26.2 Å². The fraction of sp³-hybridized carbons (Fsp3) is 0.923. The lowest BCUT2D eigenvalue weighted by atomic mass is 9.98. The molecular weight excluding hydrogens is 271 g/mol. The van der Waals surface area contributed by atoms with Gasteiger partial charge in [0.1, 0.15) is 6.04 Å². The third-order valence-electron chi connectivity index (χ3n) is 4.30. The van der Waals surface area contributed by atoms with E-state index in [9.17, 15) is 18.0 Å². The minimum absolute atomic E-state index is 0.142. The lowest BCUT2D eigenvalue weighted by Crippen LogP contribution is -2.64. The minimum atomic E-state index is -4.29. The van der Waals surface area contributed by atoms with Crippen LogP contribution in [0.5, 0.6) is 0 Å². The molecule has 2 aliphatic rings. The smallest absolute Gasteiger partial charge is 0.353 e. The molecule has 0 aliphatic carbocycles. The maximum absolute atomic E-state index is 13.1. The molecule has 2 saturated heterocycles. The van der Waals surface area contributed by atoms with Gasteiger partial charge >= 0.3 is 6.18 Å². The molecule has 0 aromatic carbocycles. The summed E-state index contributed by atoms with van der Waals surface area (Å²) in [4.78, 5) is 15.1. The predicted molar refractivity (Wildman–Crippen MR) is 69.3 cm³/mol. The van der Waals surface area contributed by atoms with Crippen molar-refractivity contribution < 1.29 is 18.0 Å². The molecule has 1 atom stereocenters. The molecule has 7 heteroatoms. The molecule has 0 bridgehead atoms. The van der Waals surface area contributed by atoms with Gasteiger partial charge in [0, 0.05) is 18.6 Å². The van der Waals surface area contributed by atoms with Crippen LogP contribution in [-0.4, -0.2) is 66.2 Å². The molecule has 0 aromatic heterocycles. The number of nitrogens with zero attached hydrogens (tertiary/aromatic N) is 2. The minimum Gasteiger partial charge on any atom is -0.353 e. The fourth-order valence-corrected chi connectivity index (χ4v) is 3.08. The number of amides is 1. The van der Waals surface area contributed by atoms with Gasteiger partial charge in [-0.25, -0.2) is 0 Å². The second kappa shape index (κ2) is 5.89. The lowest BCUT2D eigenvalue weighted by molar-refractivity contribution is -0.196. The third kappa shape index (κ3) is 3.44. The topological polar surface area (TPSA) is 35.6 Å². The van der Waals surface area contributed by atoms with Gasteiger partial charge in [0.2, 0.25) is 5.91 Å². The second-order valence-electron chi connectivity index (χ2n) is 5.89. The van der Waals surface area contributed by atoms with Crippen molar-refractivity contribution >= 4 is 5.91 Å². The van der Waals surface area contributed by atoms with E-state index in [4.69, 9.17) is 0 Å². The van der Waals surface area contributed by atoms with E-state index in [1.807, 2.05) is 0 Å².